The Labute approximate surface area is 194 Å². The summed E-state index contributed by atoms with van der Waals surface area (Å²) >= 11 is 0. The third-order valence-corrected chi connectivity index (χ3v) is 6.67. The molecule has 1 aliphatic carbocycles. The fraction of sp³-hybridized carbons (Fsp3) is 0.444. The summed E-state index contributed by atoms with van der Waals surface area (Å²) in [6.07, 6.45) is 4.53. The van der Waals surface area contributed by atoms with Crippen molar-refractivity contribution in [1.82, 2.24) is 4.90 Å². The smallest absolute Gasteiger partial charge is 0.288 e. The number of nitrogens with zero attached hydrogens (tertiary/aromatic N) is 1. The average molecular weight is 450 g/mol. The number of amides is 1. The number of benzene rings is 2. The Bertz CT molecular complexity index is 1030. The summed E-state index contributed by atoms with van der Waals surface area (Å²) in [7, 11) is 0. The molecule has 0 unspecified atom stereocenters. The van der Waals surface area contributed by atoms with E-state index in [4.69, 9.17) is 19.3 Å². The third-order valence-electron chi connectivity index (χ3n) is 6.67. The molecule has 0 radical (unpaired) electrons. The molecular weight excluding hydrogens is 418 g/mol. The minimum absolute atomic E-state index is 0.0376. The molecule has 0 spiro atoms. The van der Waals surface area contributed by atoms with Crippen LogP contribution in [0, 0.1) is 0 Å². The van der Waals surface area contributed by atoms with Crippen LogP contribution in [-0.2, 0) is 25.4 Å². The van der Waals surface area contributed by atoms with E-state index in [0.717, 1.165) is 12.8 Å². The van der Waals surface area contributed by atoms with Gasteiger partial charge in [0.1, 0.15) is 0 Å². The lowest BCUT2D eigenvalue weighted by atomic mass is 9.90. The van der Waals surface area contributed by atoms with Gasteiger partial charge in [-0.1, -0.05) is 42.5 Å². The molecule has 1 N–H and O–H groups in total. The van der Waals surface area contributed by atoms with Gasteiger partial charge in [-0.3, -0.25) is 4.79 Å². The van der Waals surface area contributed by atoms with Gasteiger partial charge in [0.25, 0.3) is 5.91 Å². The van der Waals surface area contributed by atoms with Crippen molar-refractivity contribution in [2.45, 2.75) is 37.9 Å². The van der Waals surface area contributed by atoms with Crippen molar-refractivity contribution in [3.8, 4) is 11.1 Å². The molecule has 2 atom stereocenters. The number of ether oxygens (including phenoxy) is 3. The van der Waals surface area contributed by atoms with Crippen LogP contribution in [0.15, 0.2) is 54.3 Å². The molecule has 174 valence electrons. The number of aliphatic hydroxyl groups is 1. The van der Waals surface area contributed by atoms with Crippen molar-refractivity contribution in [1.29, 1.82) is 0 Å². The molecule has 1 amide bonds. The zero-order valence-corrected chi connectivity index (χ0v) is 18.9. The SMILES string of the molecule is O=C(C1=C[C@H](c2ccc3c(c2)Cc2ccccc2-3)C[C@H](OCCCCO)O1)N1CCOCC1. The second-order valence-corrected chi connectivity index (χ2v) is 8.88. The van der Waals surface area contributed by atoms with E-state index >= 15 is 0 Å². The van der Waals surface area contributed by atoms with Crippen LogP contribution in [0.5, 0.6) is 0 Å². The normalized spacial score (nSPS) is 21.7. The molecule has 2 aromatic rings. The number of allylic oxidation sites excluding steroid dienone is 1. The van der Waals surface area contributed by atoms with Gasteiger partial charge in [0, 0.05) is 32.0 Å². The zero-order valence-electron chi connectivity index (χ0n) is 18.9. The van der Waals surface area contributed by atoms with Gasteiger partial charge in [-0.05, 0) is 53.2 Å². The summed E-state index contributed by atoms with van der Waals surface area (Å²) in [5, 5.41) is 9.04. The summed E-state index contributed by atoms with van der Waals surface area (Å²) < 4.78 is 17.4. The van der Waals surface area contributed by atoms with Gasteiger partial charge >= 0.3 is 0 Å². The number of hydrogen-bond acceptors (Lipinski definition) is 5. The Balaban J connectivity index is 1.38. The van der Waals surface area contributed by atoms with Gasteiger partial charge in [-0.25, -0.2) is 0 Å². The third kappa shape index (κ3) is 4.83. The van der Waals surface area contributed by atoms with Gasteiger partial charge in [-0.2, -0.15) is 0 Å². The summed E-state index contributed by atoms with van der Waals surface area (Å²) in [5.41, 5.74) is 6.48. The number of fused-ring (bicyclic) bond motifs is 3. The highest BCUT2D eigenvalue weighted by Crippen LogP contribution is 2.40. The molecule has 3 aliphatic rings. The second kappa shape index (κ2) is 10.1. The van der Waals surface area contributed by atoms with Crippen molar-refractivity contribution in [3.63, 3.8) is 0 Å². The fourth-order valence-electron chi connectivity index (χ4n) is 4.89. The minimum atomic E-state index is -0.482. The van der Waals surface area contributed by atoms with E-state index in [9.17, 15) is 4.79 Å². The van der Waals surface area contributed by atoms with Crippen LogP contribution < -0.4 is 0 Å². The molecule has 0 saturated carbocycles. The van der Waals surface area contributed by atoms with Crippen LogP contribution in [0.2, 0.25) is 0 Å². The molecule has 2 aromatic carbocycles. The van der Waals surface area contributed by atoms with E-state index in [0.29, 0.717) is 51.5 Å². The highest BCUT2D eigenvalue weighted by molar-refractivity contribution is 5.92. The quantitative estimate of drug-likeness (QED) is 0.558. The van der Waals surface area contributed by atoms with Crippen molar-refractivity contribution in [3.05, 3.63) is 71.0 Å². The molecule has 33 heavy (non-hydrogen) atoms. The standard InChI is InChI=1S/C27H31NO5/c29-11-3-4-12-32-26-18-21(17-25(33-26)27(30)28-9-13-31-14-10-28)19-7-8-24-22(15-19)16-20-5-1-2-6-23(20)24/h1-2,5-8,15,17,21,26,29H,3-4,9-14,16,18H2/t21-,26+/m0/s1. The molecule has 2 aliphatic heterocycles. The van der Waals surface area contributed by atoms with Crippen LogP contribution in [0.25, 0.3) is 11.1 Å². The summed E-state index contributed by atoms with van der Waals surface area (Å²) in [6, 6.07) is 15.2. The summed E-state index contributed by atoms with van der Waals surface area (Å²) in [4.78, 5) is 15.0. The average Bonchev–Trinajstić information content (AvgIpc) is 3.24. The topological polar surface area (TPSA) is 68.2 Å². The number of morpholine rings is 1. The van der Waals surface area contributed by atoms with Crippen molar-refractivity contribution < 1.29 is 24.1 Å². The Morgan fingerprint density at radius 3 is 2.73 bits per heavy atom. The molecule has 6 nitrogen and oxygen atoms in total. The van der Waals surface area contributed by atoms with E-state index < -0.39 is 6.29 Å². The lowest BCUT2D eigenvalue weighted by molar-refractivity contribution is -0.155. The molecule has 6 heteroatoms. The molecule has 0 bridgehead atoms. The van der Waals surface area contributed by atoms with Crippen LogP contribution >= 0.6 is 0 Å². The van der Waals surface area contributed by atoms with Gasteiger partial charge < -0.3 is 24.2 Å². The monoisotopic (exact) mass is 449 g/mol. The maximum atomic E-state index is 13.2. The minimum Gasteiger partial charge on any atom is -0.459 e. The number of aliphatic hydroxyl groups excluding tert-OH is 1. The predicted octanol–water partition coefficient (Wildman–Crippen LogP) is 3.62. The first-order valence-electron chi connectivity index (χ1n) is 11.9. The molecule has 0 aromatic heterocycles. The lowest BCUT2D eigenvalue weighted by Gasteiger charge is -2.33. The summed E-state index contributed by atoms with van der Waals surface area (Å²) in [5.74, 6) is 0.306. The van der Waals surface area contributed by atoms with Crippen LogP contribution in [-0.4, -0.2) is 61.7 Å². The maximum Gasteiger partial charge on any atom is 0.288 e. The first kappa shape index (κ1) is 22.1. The van der Waals surface area contributed by atoms with E-state index in [1.807, 2.05) is 6.08 Å². The number of carbonyl (C=O) groups excluding carboxylic acids is 1. The molecular formula is C27H31NO5. The highest BCUT2D eigenvalue weighted by atomic mass is 16.7. The zero-order chi connectivity index (χ0) is 22.6. The van der Waals surface area contributed by atoms with Crippen molar-refractivity contribution >= 4 is 5.91 Å². The molecule has 1 fully saturated rings. The maximum absolute atomic E-state index is 13.2. The Kier molecular flexibility index (Phi) is 6.76. The van der Waals surface area contributed by atoms with E-state index in [1.165, 1.54) is 27.8 Å². The highest BCUT2D eigenvalue weighted by Gasteiger charge is 2.32. The predicted molar refractivity (Wildman–Crippen MR) is 125 cm³/mol. The second-order valence-electron chi connectivity index (χ2n) is 8.88. The Morgan fingerprint density at radius 1 is 1.06 bits per heavy atom. The molecule has 2 heterocycles. The van der Waals surface area contributed by atoms with Gasteiger partial charge in [0.05, 0.1) is 19.8 Å². The van der Waals surface area contributed by atoms with Crippen LogP contribution in [0.4, 0.5) is 0 Å². The van der Waals surface area contributed by atoms with Crippen molar-refractivity contribution in [2.24, 2.45) is 0 Å². The van der Waals surface area contributed by atoms with Crippen LogP contribution in [0.3, 0.4) is 0 Å². The fourth-order valence-corrected chi connectivity index (χ4v) is 4.89. The van der Waals surface area contributed by atoms with E-state index in [2.05, 4.69) is 42.5 Å². The Hall–Kier alpha value is -2.67. The molecule has 5 rings (SSSR count). The van der Waals surface area contributed by atoms with E-state index in [-0.39, 0.29) is 18.4 Å². The molecule has 1 saturated heterocycles. The van der Waals surface area contributed by atoms with Gasteiger partial charge in [0.2, 0.25) is 6.29 Å². The first-order valence-corrected chi connectivity index (χ1v) is 11.9. The summed E-state index contributed by atoms with van der Waals surface area (Å²) in [6.45, 7) is 2.89. The number of carbonyl (C=O) groups is 1. The van der Waals surface area contributed by atoms with Crippen molar-refractivity contribution in [2.75, 3.05) is 39.5 Å². The lowest BCUT2D eigenvalue weighted by Crippen LogP contribution is -2.43. The van der Waals surface area contributed by atoms with Crippen LogP contribution in [0.1, 0.15) is 41.9 Å². The first-order chi connectivity index (χ1) is 16.2. The Morgan fingerprint density at radius 2 is 1.88 bits per heavy atom. The number of unbranched alkanes of at least 4 members (excludes halogenated alkanes) is 1. The van der Waals surface area contributed by atoms with Gasteiger partial charge in [0.15, 0.2) is 5.76 Å². The largest absolute Gasteiger partial charge is 0.459 e. The van der Waals surface area contributed by atoms with E-state index in [1.54, 1.807) is 4.90 Å². The number of rotatable bonds is 7. The van der Waals surface area contributed by atoms with Gasteiger partial charge in [-0.15, -0.1) is 0 Å². The number of hydrogen-bond donors (Lipinski definition) is 1.